The number of carbonyl (C=O) groups excluding carboxylic acids is 1. The van der Waals surface area contributed by atoms with E-state index in [1.54, 1.807) is 38.1 Å². The van der Waals surface area contributed by atoms with E-state index < -0.39 is 11.0 Å². The van der Waals surface area contributed by atoms with Gasteiger partial charge >= 0.3 is 6.03 Å². The van der Waals surface area contributed by atoms with Crippen LogP contribution in [0.25, 0.3) is 0 Å². The lowest BCUT2D eigenvalue weighted by molar-refractivity contribution is -0.385. The van der Waals surface area contributed by atoms with E-state index in [9.17, 15) is 19.3 Å². The van der Waals surface area contributed by atoms with Gasteiger partial charge in [0.1, 0.15) is 5.82 Å². The Morgan fingerprint density at radius 3 is 2.67 bits per heavy atom. The third-order valence-electron chi connectivity index (χ3n) is 3.59. The number of nitrogens with zero attached hydrogens (tertiary/aromatic N) is 2. The lowest BCUT2D eigenvalue weighted by atomic mass is 10.2. The van der Waals surface area contributed by atoms with Crippen molar-refractivity contribution in [2.24, 2.45) is 0 Å². The molecule has 0 aromatic heterocycles. The Labute approximate surface area is 139 Å². The summed E-state index contributed by atoms with van der Waals surface area (Å²) < 4.78 is 13.2. The van der Waals surface area contributed by atoms with Gasteiger partial charge in [0.15, 0.2) is 0 Å². The topological polar surface area (TPSA) is 75.5 Å². The summed E-state index contributed by atoms with van der Waals surface area (Å²) in [6.07, 6.45) is 0. The van der Waals surface area contributed by atoms with Crippen LogP contribution in [-0.4, -0.2) is 22.4 Å². The smallest absolute Gasteiger partial charge is 0.320 e. The average Bonchev–Trinajstić information content (AvgIpc) is 2.54. The summed E-state index contributed by atoms with van der Waals surface area (Å²) in [6, 6.07) is 10.1. The number of anilines is 1. The molecule has 0 aliphatic carbocycles. The van der Waals surface area contributed by atoms with Crippen molar-refractivity contribution in [3.63, 3.8) is 0 Å². The van der Waals surface area contributed by atoms with Crippen LogP contribution in [0.1, 0.15) is 18.1 Å². The summed E-state index contributed by atoms with van der Waals surface area (Å²) in [4.78, 5) is 24.3. The van der Waals surface area contributed by atoms with Gasteiger partial charge in [-0.05, 0) is 37.6 Å². The maximum atomic E-state index is 13.2. The van der Waals surface area contributed by atoms with Crippen LogP contribution in [0.2, 0.25) is 0 Å². The fourth-order valence-corrected chi connectivity index (χ4v) is 2.27. The first-order valence-corrected chi connectivity index (χ1v) is 7.46. The Morgan fingerprint density at radius 2 is 2.04 bits per heavy atom. The van der Waals surface area contributed by atoms with Crippen LogP contribution in [0.5, 0.6) is 0 Å². The van der Waals surface area contributed by atoms with Gasteiger partial charge in [-0.1, -0.05) is 18.2 Å². The molecule has 7 heteroatoms. The summed E-state index contributed by atoms with van der Waals surface area (Å²) in [5, 5.41) is 13.6. The van der Waals surface area contributed by atoms with Crippen LogP contribution in [0.15, 0.2) is 42.5 Å². The van der Waals surface area contributed by atoms with Crippen LogP contribution >= 0.6 is 0 Å². The Hall–Kier alpha value is -2.96. The maximum absolute atomic E-state index is 13.2. The molecule has 0 saturated heterocycles. The Bertz CT molecular complexity index is 764. The number of urea groups is 1. The minimum Gasteiger partial charge on any atom is -0.320 e. The number of nitro benzene ring substituents is 1. The molecule has 0 atom stereocenters. The van der Waals surface area contributed by atoms with Crippen molar-refractivity contribution in [2.45, 2.75) is 20.4 Å². The molecule has 126 valence electrons. The standard InChI is InChI=1S/C17H18FN3O3/c1-3-20(11-13-5-4-6-14(18)9-13)17(22)19-15-8-7-12(2)16(10-15)21(23)24/h4-10H,3,11H2,1-2H3,(H,19,22). The predicted molar refractivity (Wildman–Crippen MR) is 89.3 cm³/mol. The molecule has 0 fully saturated rings. The van der Waals surface area contributed by atoms with E-state index >= 15 is 0 Å². The van der Waals surface area contributed by atoms with Crippen LogP contribution in [-0.2, 0) is 6.54 Å². The number of carbonyl (C=O) groups is 1. The number of rotatable bonds is 5. The Morgan fingerprint density at radius 1 is 1.29 bits per heavy atom. The van der Waals surface area contributed by atoms with E-state index in [4.69, 9.17) is 0 Å². The molecule has 2 amide bonds. The molecule has 0 unspecified atom stereocenters. The monoisotopic (exact) mass is 331 g/mol. The highest BCUT2D eigenvalue weighted by Crippen LogP contribution is 2.22. The Balaban J connectivity index is 2.12. The lowest BCUT2D eigenvalue weighted by Crippen LogP contribution is -2.34. The molecule has 2 aromatic rings. The van der Waals surface area contributed by atoms with E-state index in [-0.39, 0.29) is 18.0 Å². The molecule has 24 heavy (non-hydrogen) atoms. The number of aryl methyl sites for hydroxylation is 1. The molecule has 2 aromatic carbocycles. The van der Waals surface area contributed by atoms with Gasteiger partial charge in [0.25, 0.3) is 5.69 Å². The molecule has 2 rings (SSSR count). The highest BCUT2D eigenvalue weighted by atomic mass is 19.1. The first kappa shape index (κ1) is 17.4. The van der Waals surface area contributed by atoms with Gasteiger partial charge in [-0.25, -0.2) is 9.18 Å². The van der Waals surface area contributed by atoms with Crippen molar-refractivity contribution in [2.75, 3.05) is 11.9 Å². The van der Waals surface area contributed by atoms with Crippen LogP contribution < -0.4 is 5.32 Å². The molecule has 0 saturated carbocycles. The number of hydrogen-bond acceptors (Lipinski definition) is 3. The summed E-state index contributed by atoms with van der Waals surface area (Å²) in [5.74, 6) is -0.363. The van der Waals surface area contributed by atoms with Crippen molar-refractivity contribution in [1.29, 1.82) is 0 Å². The highest BCUT2D eigenvalue weighted by Gasteiger charge is 2.16. The zero-order chi connectivity index (χ0) is 17.7. The fourth-order valence-electron chi connectivity index (χ4n) is 2.27. The van der Waals surface area contributed by atoms with Gasteiger partial charge in [-0.3, -0.25) is 10.1 Å². The van der Waals surface area contributed by atoms with E-state index in [1.165, 1.54) is 23.1 Å². The second kappa shape index (κ2) is 7.54. The number of halogens is 1. The summed E-state index contributed by atoms with van der Waals surface area (Å²) in [5.41, 5.74) is 1.47. The van der Waals surface area contributed by atoms with Crippen LogP contribution in [0, 0.1) is 22.9 Å². The first-order valence-electron chi connectivity index (χ1n) is 7.46. The number of amides is 2. The zero-order valence-corrected chi connectivity index (χ0v) is 13.5. The zero-order valence-electron chi connectivity index (χ0n) is 13.5. The average molecular weight is 331 g/mol. The van der Waals surface area contributed by atoms with Crippen molar-refractivity contribution in [3.05, 3.63) is 69.5 Å². The second-order valence-corrected chi connectivity index (χ2v) is 5.33. The summed E-state index contributed by atoms with van der Waals surface area (Å²) in [6.45, 7) is 4.09. The second-order valence-electron chi connectivity index (χ2n) is 5.33. The minimum atomic E-state index is -0.491. The molecule has 1 N–H and O–H groups in total. The number of nitro groups is 1. The molecule has 0 spiro atoms. The summed E-state index contributed by atoms with van der Waals surface area (Å²) >= 11 is 0. The van der Waals surface area contributed by atoms with E-state index in [1.807, 2.05) is 0 Å². The molecule has 0 aliphatic heterocycles. The number of benzene rings is 2. The highest BCUT2D eigenvalue weighted by molar-refractivity contribution is 5.89. The Kier molecular flexibility index (Phi) is 5.47. The molecule has 0 bridgehead atoms. The predicted octanol–water partition coefficient (Wildman–Crippen LogP) is 4.10. The number of nitrogens with one attached hydrogen (secondary N) is 1. The van der Waals surface area contributed by atoms with Gasteiger partial charge < -0.3 is 10.2 Å². The normalized spacial score (nSPS) is 10.3. The SMILES string of the molecule is CCN(Cc1cccc(F)c1)C(=O)Nc1ccc(C)c([N+](=O)[O-])c1. The molecule has 6 nitrogen and oxygen atoms in total. The first-order chi connectivity index (χ1) is 11.4. The fraction of sp³-hybridized carbons (Fsp3) is 0.235. The molecular weight excluding hydrogens is 313 g/mol. The third-order valence-corrected chi connectivity index (χ3v) is 3.59. The minimum absolute atomic E-state index is 0.0546. The summed E-state index contributed by atoms with van der Waals surface area (Å²) in [7, 11) is 0. The van der Waals surface area contributed by atoms with Gasteiger partial charge in [-0.15, -0.1) is 0 Å². The molecule has 0 heterocycles. The van der Waals surface area contributed by atoms with Crippen LogP contribution in [0.3, 0.4) is 0 Å². The molecular formula is C17H18FN3O3. The van der Waals surface area contributed by atoms with Crippen molar-refractivity contribution in [1.82, 2.24) is 4.90 Å². The third kappa shape index (κ3) is 4.28. The van der Waals surface area contributed by atoms with Crippen molar-refractivity contribution in [3.8, 4) is 0 Å². The van der Waals surface area contributed by atoms with Gasteiger partial charge in [0, 0.05) is 30.4 Å². The van der Waals surface area contributed by atoms with E-state index in [2.05, 4.69) is 5.32 Å². The number of hydrogen-bond donors (Lipinski definition) is 1. The molecule has 0 radical (unpaired) electrons. The maximum Gasteiger partial charge on any atom is 0.322 e. The van der Waals surface area contributed by atoms with Crippen LogP contribution in [0.4, 0.5) is 20.6 Å². The van der Waals surface area contributed by atoms with Gasteiger partial charge in [0.05, 0.1) is 4.92 Å². The van der Waals surface area contributed by atoms with Gasteiger partial charge in [-0.2, -0.15) is 0 Å². The van der Waals surface area contributed by atoms with Crippen molar-refractivity contribution >= 4 is 17.4 Å². The lowest BCUT2D eigenvalue weighted by Gasteiger charge is -2.21. The largest absolute Gasteiger partial charge is 0.322 e. The van der Waals surface area contributed by atoms with E-state index in [0.29, 0.717) is 23.4 Å². The quantitative estimate of drug-likeness (QED) is 0.662. The van der Waals surface area contributed by atoms with Crippen molar-refractivity contribution < 1.29 is 14.1 Å². The van der Waals surface area contributed by atoms with E-state index in [0.717, 1.165) is 0 Å². The van der Waals surface area contributed by atoms with Gasteiger partial charge in [0.2, 0.25) is 0 Å². The molecule has 0 aliphatic rings.